The zero-order chi connectivity index (χ0) is 15.2. The Labute approximate surface area is 122 Å². The molecule has 0 saturated carbocycles. The number of nitrogens with zero attached hydrogens (tertiary/aromatic N) is 1. The van der Waals surface area contributed by atoms with Crippen LogP contribution in [0.2, 0.25) is 0 Å². The normalized spacial score (nSPS) is 11.9. The van der Waals surface area contributed by atoms with Crippen LogP contribution in [0.15, 0.2) is 48.5 Å². The lowest BCUT2D eigenvalue weighted by atomic mass is 10.1. The average molecular weight is 287 g/mol. The third-order valence-electron chi connectivity index (χ3n) is 3.06. The first-order valence-electron chi connectivity index (χ1n) is 6.56. The van der Waals surface area contributed by atoms with Crippen molar-refractivity contribution in [2.24, 2.45) is 0 Å². The molecule has 6 heteroatoms. The van der Waals surface area contributed by atoms with E-state index in [-0.39, 0.29) is 12.2 Å². The van der Waals surface area contributed by atoms with Gasteiger partial charge in [0.1, 0.15) is 5.69 Å². The number of rotatable bonds is 6. The van der Waals surface area contributed by atoms with Crippen LogP contribution in [0.4, 0.5) is 17.1 Å². The molecule has 0 amide bonds. The molecule has 2 aromatic rings. The molecule has 110 valence electrons. The highest BCUT2D eigenvalue weighted by Gasteiger charge is 2.14. The zero-order valence-corrected chi connectivity index (χ0v) is 11.4. The Balaban J connectivity index is 1.99. The van der Waals surface area contributed by atoms with Gasteiger partial charge in [-0.3, -0.25) is 10.1 Å². The van der Waals surface area contributed by atoms with Crippen molar-refractivity contribution in [1.29, 1.82) is 0 Å². The summed E-state index contributed by atoms with van der Waals surface area (Å²) in [7, 11) is 0. The van der Waals surface area contributed by atoms with Gasteiger partial charge in [0.15, 0.2) is 0 Å². The van der Waals surface area contributed by atoms with Crippen molar-refractivity contribution in [3.63, 3.8) is 0 Å². The maximum Gasteiger partial charge on any atom is 0.292 e. The molecule has 0 heterocycles. The Hall–Kier alpha value is -2.60. The first-order valence-corrected chi connectivity index (χ1v) is 6.56. The average Bonchev–Trinajstić information content (AvgIpc) is 2.46. The molecule has 0 aromatic heterocycles. The number of nitrogen functional groups attached to an aromatic ring is 1. The van der Waals surface area contributed by atoms with E-state index in [0.29, 0.717) is 17.8 Å². The molecule has 0 radical (unpaired) electrons. The Morgan fingerprint density at radius 2 is 1.95 bits per heavy atom. The summed E-state index contributed by atoms with van der Waals surface area (Å²) in [5.41, 5.74) is 7.32. The third-order valence-corrected chi connectivity index (χ3v) is 3.06. The van der Waals surface area contributed by atoms with E-state index in [9.17, 15) is 15.2 Å². The van der Waals surface area contributed by atoms with Gasteiger partial charge in [0.25, 0.3) is 5.69 Å². The van der Waals surface area contributed by atoms with E-state index in [1.54, 1.807) is 0 Å². The fraction of sp³-hybridized carbons (Fsp3) is 0.200. The number of benzene rings is 2. The van der Waals surface area contributed by atoms with E-state index >= 15 is 0 Å². The first-order chi connectivity index (χ1) is 10.1. The second kappa shape index (κ2) is 6.71. The number of hydrogen-bond donors (Lipinski definition) is 3. The Morgan fingerprint density at radius 3 is 2.62 bits per heavy atom. The van der Waals surface area contributed by atoms with Crippen LogP contribution in [0.25, 0.3) is 0 Å². The van der Waals surface area contributed by atoms with E-state index in [0.717, 1.165) is 5.56 Å². The number of anilines is 2. The van der Waals surface area contributed by atoms with Crippen molar-refractivity contribution >= 4 is 17.1 Å². The van der Waals surface area contributed by atoms with Crippen molar-refractivity contribution in [2.45, 2.75) is 12.5 Å². The van der Waals surface area contributed by atoms with Crippen LogP contribution in [0.1, 0.15) is 5.56 Å². The van der Waals surface area contributed by atoms with Gasteiger partial charge in [-0.2, -0.15) is 0 Å². The second-order valence-electron chi connectivity index (χ2n) is 4.76. The van der Waals surface area contributed by atoms with Gasteiger partial charge in [-0.05, 0) is 17.7 Å². The summed E-state index contributed by atoms with van der Waals surface area (Å²) in [6.07, 6.45) is -0.169. The second-order valence-corrected chi connectivity index (χ2v) is 4.76. The molecule has 0 aliphatic carbocycles. The van der Waals surface area contributed by atoms with Crippen LogP contribution in [-0.4, -0.2) is 22.7 Å². The fourth-order valence-corrected chi connectivity index (χ4v) is 2.04. The Morgan fingerprint density at radius 1 is 1.24 bits per heavy atom. The molecule has 0 aliphatic heterocycles. The van der Waals surface area contributed by atoms with Gasteiger partial charge in [0.2, 0.25) is 0 Å². The van der Waals surface area contributed by atoms with E-state index in [1.807, 2.05) is 30.3 Å². The van der Waals surface area contributed by atoms with Crippen molar-refractivity contribution in [2.75, 3.05) is 17.6 Å². The van der Waals surface area contributed by atoms with E-state index in [4.69, 9.17) is 5.73 Å². The van der Waals surface area contributed by atoms with Crippen LogP contribution in [-0.2, 0) is 6.42 Å². The number of hydrogen-bond acceptors (Lipinski definition) is 5. The minimum Gasteiger partial charge on any atom is -0.399 e. The van der Waals surface area contributed by atoms with Crippen molar-refractivity contribution in [3.8, 4) is 0 Å². The lowest BCUT2D eigenvalue weighted by Crippen LogP contribution is -2.22. The van der Waals surface area contributed by atoms with Crippen molar-refractivity contribution in [3.05, 3.63) is 64.2 Å². The number of nitrogens with one attached hydrogen (secondary N) is 1. The molecule has 1 atom stereocenters. The molecule has 2 aromatic carbocycles. The first kappa shape index (κ1) is 14.8. The number of nitro benzene ring substituents is 1. The molecule has 0 fully saturated rings. The fourth-order valence-electron chi connectivity index (χ4n) is 2.04. The number of aliphatic hydroxyl groups excluding tert-OH is 1. The molecule has 1 unspecified atom stereocenters. The molecule has 0 saturated heterocycles. The van der Waals surface area contributed by atoms with E-state index in [1.165, 1.54) is 18.2 Å². The summed E-state index contributed by atoms with van der Waals surface area (Å²) >= 11 is 0. The Kier molecular flexibility index (Phi) is 4.73. The van der Waals surface area contributed by atoms with Gasteiger partial charge in [-0.1, -0.05) is 30.3 Å². The molecule has 0 spiro atoms. The quantitative estimate of drug-likeness (QED) is 0.429. The molecule has 6 nitrogen and oxygen atoms in total. The summed E-state index contributed by atoms with van der Waals surface area (Å²) in [4.78, 5) is 10.5. The topological polar surface area (TPSA) is 101 Å². The van der Waals surface area contributed by atoms with E-state index in [2.05, 4.69) is 5.32 Å². The zero-order valence-electron chi connectivity index (χ0n) is 11.4. The van der Waals surface area contributed by atoms with Gasteiger partial charge in [0.05, 0.1) is 11.0 Å². The minimum absolute atomic E-state index is 0.0592. The third kappa shape index (κ3) is 4.19. The van der Waals surface area contributed by atoms with Gasteiger partial charge in [0, 0.05) is 24.7 Å². The lowest BCUT2D eigenvalue weighted by Gasteiger charge is -2.13. The monoisotopic (exact) mass is 287 g/mol. The van der Waals surface area contributed by atoms with Crippen LogP contribution in [0, 0.1) is 10.1 Å². The van der Waals surface area contributed by atoms with Crippen LogP contribution in [0.3, 0.4) is 0 Å². The lowest BCUT2D eigenvalue weighted by molar-refractivity contribution is -0.383. The van der Waals surface area contributed by atoms with Gasteiger partial charge >= 0.3 is 0 Å². The van der Waals surface area contributed by atoms with Crippen LogP contribution < -0.4 is 11.1 Å². The summed E-state index contributed by atoms with van der Waals surface area (Å²) in [5, 5.41) is 23.8. The Bertz CT molecular complexity index is 617. The van der Waals surface area contributed by atoms with Crippen LogP contribution >= 0.6 is 0 Å². The smallest absolute Gasteiger partial charge is 0.292 e. The molecule has 0 aliphatic rings. The summed E-state index contributed by atoms with van der Waals surface area (Å²) in [6, 6.07) is 13.9. The largest absolute Gasteiger partial charge is 0.399 e. The molecule has 21 heavy (non-hydrogen) atoms. The van der Waals surface area contributed by atoms with Crippen LogP contribution in [0.5, 0.6) is 0 Å². The highest BCUT2D eigenvalue weighted by atomic mass is 16.6. The SMILES string of the molecule is Nc1ccc([N+](=O)[O-])c(NCC(O)Cc2ccccc2)c1. The predicted octanol–water partition coefficient (Wildman–Crippen LogP) is 2.19. The minimum atomic E-state index is -0.645. The van der Waals surface area contributed by atoms with Crippen molar-refractivity contribution < 1.29 is 10.0 Å². The number of aliphatic hydroxyl groups is 1. The van der Waals surface area contributed by atoms with Crippen molar-refractivity contribution in [1.82, 2.24) is 0 Å². The molecular weight excluding hydrogens is 270 g/mol. The molecule has 0 bridgehead atoms. The standard InChI is InChI=1S/C15H17N3O3/c16-12-6-7-15(18(20)21)14(9-12)17-10-13(19)8-11-4-2-1-3-5-11/h1-7,9,13,17,19H,8,10,16H2. The molecule has 2 rings (SSSR count). The summed E-state index contributed by atoms with van der Waals surface area (Å²) in [6.45, 7) is 0.208. The summed E-state index contributed by atoms with van der Waals surface area (Å²) in [5.74, 6) is 0. The maximum atomic E-state index is 10.9. The number of nitrogens with two attached hydrogens (primary N) is 1. The number of nitro groups is 1. The van der Waals surface area contributed by atoms with Gasteiger partial charge < -0.3 is 16.2 Å². The molecule has 4 N–H and O–H groups in total. The summed E-state index contributed by atoms with van der Waals surface area (Å²) < 4.78 is 0. The maximum absolute atomic E-state index is 10.9. The predicted molar refractivity (Wildman–Crippen MR) is 82.2 cm³/mol. The van der Waals surface area contributed by atoms with E-state index < -0.39 is 11.0 Å². The van der Waals surface area contributed by atoms with Gasteiger partial charge in [-0.15, -0.1) is 0 Å². The molecular formula is C15H17N3O3. The highest BCUT2D eigenvalue weighted by Crippen LogP contribution is 2.26. The highest BCUT2D eigenvalue weighted by molar-refractivity contribution is 5.67. The van der Waals surface area contributed by atoms with Gasteiger partial charge in [-0.25, -0.2) is 0 Å².